The number of carbonyl (C=O) groups is 1. The monoisotopic (exact) mass is 455 g/mol. The highest BCUT2D eigenvalue weighted by molar-refractivity contribution is 7.18. The molecule has 0 bridgehead atoms. The summed E-state index contributed by atoms with van der Waals surface area (Å²) in [4.78, 5) is 23.8. The summed E-state index contributed by atoms with van der Waals surface area (Å²) in [7, 11) is 1.73. The van der Waals surface area contributed by atoms with Crippen molar-refractivity contribution >= 4 is 45.3 Å². The Balaban J connectivity index is 1.42. The first-order valence-corrected chi connectivity index (χ1v) is 11.4. The molecule has 31 heavy (non-hydrogen) atoms. The van der Waals surface area contributed by atoms with E-state index in [0.29, 0.717) is 12.1 Å². The molecule has 2 aromatic carbocycles. The van der Waals surface area contributed by atoms with E-state index in [1.54, 1.807) is 42.5 Å². The van der Waals surface area contributed by atoms with Gasteiger partial charge in [0.05, 0.1) is 26.8 Å². The maximum atomic E-state index is 13.7. The van der Waals surface area contributed by atoms with E-state index in [2.05, 4.69) is 17.1 Å². The fourth-order valence-corrected chi connectivity index (χ4v) is 4.93. The van der Waals surface area contributed by atoms with Gasteiger partial charge in [0.15, 0.2) is 0 Å². The summed E-state index contributed by atoms with van der Waals surface area (Å²) < 4.78 is 14.9. The summed E-state index contributed by atoms with van der Waals surface area (Å²) in [5, 5.41) is 1.40. The van der Waals surface area contributed by atoms with Gasteiger partial charge in [-0.25, -0.2) is 9.37 Å². The number of benzene rings is 2. The molecule has 4 nitrogen and oxygen atoms in total. The third-order valence-corrected chi connectivity index (χ3v) is 6.82. The van der Waals surface area contributed by atoms with E-state index in [-0.39, 0.29) is 16.8 Å². The van der Waals surface area contributed by atoms with Crippen molar-refractivity contribution in [3.8, 4) is 0 Å². The normalized spacial score (nSPS) is 16.9. The average molecular weight is 456 g/mol. The molecule has 1 unspecified atom stereocenters. The van der Waals surface area contributed by atoms with Crippen LogP contribution in [0.15, 0.2) is 59.2 Å². The SMILES string of the molecule is C[C@H](C(=O)N(C)C1=CC(CCc2nc3ccccc3s2)CN=C1)c1cc(F)cc(Cl)c1. The number of thiazole rings is 1. The smallest absolute Gasteiger partial charge is 0.234 e. The predicted octanol–water partition coefficient (Wildman–Crippen LogP) is 5.87. The number of hydrogen-bond donors (Lipinski definition) is 0. The predicted molar refractivity (Wildman–Crippen MR) is 125 cm³/mol. The third kappa shape index (κ3) is 5.02. The standard InChI is InChI=1S/C24H23ClFN3OS/c1-15(17-10-18(25)12-19(26)11-17)24(30)29(2)20-9-16(13-27-14-20)7-8-23-28-21-5-3-4-6-22(21)31-23/h3-6,9-12,14-16H,7-8,13H2,1-2H3/t15-,16?/m0/s1. The zero-order valence-corrected chi connectivity index (χ0v) is 19.0. The number of halogens is 2. The number of amides is 1. The number of aromatic nitrogens is 1. The fourth-order valence-electron chi connectivity index (χ4n) is 3.71. The molecular weight excluding hydrogens is 433 g/mol. The highest BCUT2D eigenvalue weighted by Gasteiger charge is 2.24. The molecule has 1 amide bonds. The summed E-state index contributed by atoms with van der Waals surface area (Å²) in [6.45, 7) is 2.46. The van der Waals surface area contributed by atoms with Gasteiger partial charge in [-0.2, -0.15) is 0 Å². The first kappa shape index (κ1) is 21.7. The van der Waals surface area contributed by atoms with Gasteiger partial charge in [0, 0.05) is 24.8 Å². The van der Waals surface area contributed by atoms with Crippen molar-refractivity contribution in [3.63, 3.8) is 0 Å². The number of hydrogen-bond acceptors (Lipinski definition) is 4. The lowest BCUT2D eigenvalue weighted by atomic mass is 9.97. The molecule has 3 aromatic rings. The van der Waals surface area contributed by atoms with Crippen molar-refractivity contribution < 1.29 is 9.18 Å². The van der Waals surface area contributed by atoms with Crippen molar-refractivity contribution in [3.05, 3.63) is 75.6 Å². The van der Waals surface area contributed by atoms with Crippen LogP contribution in [-0.4, -0.2) is 35.6 Å². The summed E-state index contributed by atoms with van der Waals surface area (Å²) >= 11 is 7.68. The number of dihydropyridines is 1. The van der Waals surface area contributed by atoms with Gasteiger partial charge in [0.1, 0.15) is 5.82 Å². The van der Waals surface area contributed by atoms with Crippen molar-refractivity contribution in [2.45, 2.75) is 25.7 Å². The van der Waals surface area contributed by atoms with E-state index in [0.717, 1.165) is 29.1 Å². The molecule has 0 saturated carbocycles. The van der Waals surface area contributed by atoms with Crippen LogP contribution < -0.4 is 0 Å². The van der Waals surface area contributed by atoms with Gasteiger partial charge in [-0.15, -0.1) is 11.3 Å². The minimum Gasteiger partial charge on any atom is -0.314 e. The van der Waals surface area contributed by atoms with Gasteiger partial charge in [-0.1, -0.05) is 29.8 Å². The highest BCUT2D eigenvalue weighted by atomic mass is 35.5. The van der Waals surface area contributed by atoms with E-state index < -0.39 is 11.7 Å². The first-order valence-electron chi connectivity index (χ1n) is 10.2. The number of fused-ring (bicyclic) bond motifs is 1. The van der Waals surface area contributed by atoms with Gasteiger partial charge in [-0.3, -0.25) is 9.79 Å². The van der Waals surface area contributed by atoms with E-state index in [4.69, 9.17) is 16.6 Å². The lowest BCUT2D eigenvalue weighted by Gasteiger charge is -2.26. The Hall–Kier alpha value is -2.57. The zero-order valence-electron chi connectivity index (χ0n) is 17.4. The van der Waals surface area contributed by atoms with Crippen LogP contribution in [0.25, 0.3) is 10.2 Å². The van der Waals surface area contributed by atoms with Crippen LogP contribution in [0.2, 0.25) is 5.02 Å². The van der Waals surface area contributed by atoms with Crippen LogP contribution in [0.1, 0.15) is 29.8 Å². The van der Waals surface area contributed by atoms with Gasteiger partial charge in [0.25, 0.3) is 0 Å². The Morgan fingerprint density at radius 2 is 2.13 bits per heavy atom. The third-order valence-electron chi connectivity index (χ3n) is 5.51. The van der Waals surface area contributed by atoms with E-state index in [1.165, 1.54) is 16.8 Å². The number of allylic oxidation sites excluding steroid dienone is 1. The topological polar surface area (TPSA) is 45.6 Å². The quantitative estimate of drug-likeness (QED) is 0.466. The van der Waals surface area contributed by atoms with Crippen molar-refractivity contribution in [2.24, 2.45) is 10.9 Å². The fraction of sp³-hybridized carbons (Fsp3) is 0.292. The second-order valence-electron chi connectivity index (χ2n) is 7.78. The van der Waals surface area contributed by atoms with Gasteiger partial charge in [-0.05, 0) is 61.6 Å². The van der Waals surface area contributed by atoms with Crippen molar-refractivity contribution in [1.82, 2.24) is 9.88 Å². The lowest BCUT2D eigenvalue weighted by Crippen LogP contribution is -2.32. The number of aliphatic imine (C=N–C) groups is 1. The number of likely N-dealkylation sites (N-methyl/N-ethyl adjacent to an activating group) is 1. The molecule has 2 atom stereocenters. The number of para-hydroxylation sites is 1. The van der Waals surface area contributed by atoms with Crippen LogP contribution in [0.4, 0.5) is 4.39 Å². The Kier molecular flexibility index (Phi) is 6.49. The molecule has 7 heteroatoms. The second-order valence-corrected chi connectivity index (χ2v) is 9.33. The van der Waals surface area contributed by atoms with Crippen molar-refractivity contribution in [1.29, 1.82) is 0 Å². The van der Waals surface area contributed by atoms with Gasteiger partial charge >= 0.3 is 0 Å². The minimum absolute atomic E-state index is 0.133. The molecule has 1 aliphatic heterocycles. The molecular formula is C24H23ClFN3OS. The maximum Gasteiger partial charge on any atom is 0.234 e. The van der Waals surface area contributed by atoms with Crippen LogP contribution >= 0.6 is 22.9 Å². The first-order chi connectivity index (χ1) is 14.9. The van der Waals surface area contributed by atoms with Gasteiger partial charge in [0.2, 0.25) is 5.91 Å². The van der Waals surface area contributed by atoms with E-state index in [1.807, 2.05) is 18.2 Å². The zero-order chi connectivity index (χ0) is 22.0. The average Bonchev–Trinajstić information content (AvgIpc) is 3.19. The molecule has 0 radical (unpaired) electrons. The molecule has 0 saturated heterocycles. The van der Waals surface area contributed by atoms with E-state index >= 15 is 0 Å². The second kappa shape index (κ2) is 9.28. The van der Waals surface area contributed by atoms with Crippen molar-refractivity contribution in [2.75, 3.05) is 13.6 Å². The Labute approximate surface area is 190 Å². The summed E-state index contributed by atoms with van der Waals surface area (Å²) in [6, 6.07) is 12.4. The van der Waals surface area contributed by atoms with Crippen LogP contribution in [0.3, 0.4) is 0 Å². The molecule has 160 valence electrons. The van der Waals surface area contributed by atoms with E-state index in [9.17, 15) is 9.18 Å². The summed E-state index contributed by atoms with van der Waals surface area (Å²) in [5.41, 5.74) is 2.36. The molecule has 1 aromatic heterocycles. The van der Waals surface area contributed by atoms with Gasteiger partial charge < -0.3 is 4.90 Å². The number of nitrogens with zero attached hydrogens (tertiary/aromatic N) is 3. The number of aryl methyl sites for hydroxylation is 1. The van der Waals surface area contributed by atoms with Crippen LogP contribution in [-0.2, 0) is 11.2 Å². The molecule has 0 spiro atoms. The number of carbonyl (C=O) groups excluding carboxylic acids is 1. The largest absolute Gasteiger partial charge is 0.314 e. The minimum atomic E-state index is -0.518. The maximum absolute atomic E-state index is 13.7. The molecule has 1 aliphatic rings. The summed E-state index contributed by atoms with van der Waals surface area (Å²) in [5.74, 6) is -0.860. The Morgan fingerprint density at radius 1 is 1.32 bits per heavy atom. The lowest BCUT2D eigenvalue weighted by molar-refractivity contribution is -0.129. The van der Waals surface area contributed by atoms with Crippen LogP contribution in [0, 0.1) is 11.7 Å². The molecule has 0 aliphatic carbocycles. The number of rotatable bonds is 6. The summed E-state index contributed by atoms with van der Waals surface area (Å²) in [6.07, 6.45) is 5.62. The molecule has 0 fully saturated rings. The molecule has 0 N–H and O–H groups in total. The highest BCUT2D eigenvalue weighted by Crippen LogP contribution is 2.27. The molecule has 4 rings (SSSR count). The van der Waals surface area contributed by atoms with Crippen LogP contribution in [0.5, 0.6) is 0 Å². The Morgan fingerprint density at radius 3 is 2.90 bits per heavy atom. The molecule has 2 heterocycles. The Bertz CT molecular complexity index is 1120.